The van der Waals surface area contributed by atoms with Crippen molar-refractivity contribution >= 4 is 17.1 Å². The normalized spacial score (nSPS) is 11.0. The minimum Gasteiger partial charge on any atom is -0.494 e. The Morgan fingerprint density at radius 3 is 2.18 bits per heavy atom. The number of halogens is 3. The van der Waals surface area contributed by atoms with E-state index in [0.717, 1.165) is 34.9 Å². The van der Waals surface area contributed by atoms with Crippen LogP contribution in [0.1, 0.15) is 45.9 Å². The highest BCUT2D eigenvalue weighted by Gasteiger charge is 2.30. The van der Waals surface area contributed by atoms with Gasteiger partial charge in [-0.3, -0.25) is 4.79 Å². The van der Waals surface area contributed by atoms with Crippen LogP contribution in [-0.4, -0.2) is 31.1 Å². The molecule has 0 saturated heterocycles. The molecule has 33 heavy (non-hydrogen) atoms. The average molecular weight is 480 g/mol. The van der Waals surface area contributed by atoms with Crippen LogP contribution in [0.4, 0.5) is 13.2 Å². The SMILES string of the molecule is CCOC.CCOc1ccc(C(=O)Cc2sc(-c3ccc(C(F)(F)F)cc3)nc2C)cc1C. The van der Waals surface area contributed by atoms with E-state index in [1.807, 2.05) is 20.8 Å². The van der Waals surface area contributed by atoms with Crippen molar-refractivity contribution in [1.82, 2.24) is 4.98 Å². The lowest BCUT2D eigenvalue weighted by atomic mass is 10.0. The minimum atomic E-state index is -4.37. The molecule has 0 fully saturated rings. The van der Waals surface area contributed by atoms with Gasteiger partial charge in [0.2, 0.25) is 0 Å². The first-order valence-electron chi connectivity index (χ1n) is 10.5. The van der Waals surface area contributed by atoms with E-state index in [1.54, 1.807) is 32.2 Å². The van der Waals surface area contributed by atoms with E-state index in [-0.39, 0.29) is 12.2 Å². The molecule has 0 radical (unpaired) electrons. The Morgan fingerprint density at radius 2 is 1.67 bits per heavy atom. The number of aryl methyl sites for hydroxylation is 2. The van der Waals surface area contributed by atoms with Gasteiger partial charge in [-0.05, 0) is 63.6 Å². The molecule has 0 aliphatic rings. The number of rotatable bonds is 7. The molecule has 4 nitrogen and oxygen atoms in total. The van der Waals surface area contributed by atoms with Gasteiger partial charge in [0.1, 0.15) is 10.8 Å². The van der Waals surface area contributed by atoms with Crippen LogP contribution in [0, 0.1) is 13.8 Å². The van der Waals surface area contributed by atoms with Crippen molar-refractivity contribution in [2.45, 2.75) is 40.3 Å². The number of carbonyl (C=O) groups is 1. The maximum absolute atomic E-state index is 12.7. The number of hydrogen-bond donors (Lipinski definition) is 0. The molecule has 0 N–H and O–H groups in total. The van der Waals surface area contributed by atoms with Crippen LogP contribution in [0.25, 0.3) is 10.6 Å². The highest BCUT2D eigenvalue weighted by Crippen LogP contribution is 2.33. The van der Waals surface area contributed by atoms with Crippen LogP contribution >= 0.6 is 11.3 Å². The number of thiazole rings is 1. The highest BCUT2D eigenvalue weighted by atomic mass is 32.1. The quantitative estimate of drug-likeness (QED) is 0.345. The summed E-state index contributed by atoms with van der Waals surface area (Å²) in [5, 5.41) is 0.599. The van der Waals surface area contributed by atoms with Gasteiger partial charge in [-0.25, -0.2) is 4.98 Å². The van der Waals surface area contributed by atoms with E-state index >= 15 is 0 Å². The monoisotopic (exact) mass is 479 g/mol. The summed E-state index contributed by atoms with van der Waals surface area (Å²) in [5.74, 6) is 0.712. The highest BCUT2D eigenvalue weighted by molar-refractivity contribution is 7.15. The van der Waals surface area contributed by atoms with Crippen molar-refractivity contribution in [3.8, 4) is 16.3 Å². The second kappa shape index (κ2) is 12.0. The molecular formula is C25H28F3NO3S. The van der Waals surface area contributed by atoms with Crippen LogP contribution in [0.15, 0.2) is 42.5 Å². The third kappa shape index (κ3) is 7.40. The predicted molar refractivity (Wildman–Crippen MR) is 125 cm³/mol. The van der Waals surface area contributed by atoms with Crippen LogP contribution < -0.4 is 4.74 Å². The number of alkyl halides is 3. The predicted octanol–water partition coefficient (Wildman–Crippen LogP) is 6.92. The molecule has 8 heteroatoms. The number of hydrogen-bond acceptors (Lipinski definition) is 5. The van der Waals surface area contributed by atoms with Crippen LogP contribution in [0.5, 0.6) is 5.75 Å². The van der Waals surface area contributed by atoms with Crippen molar-refractivity contribution in [1.29, 1.82) is 0 Å². The largest absolute Gasteiger partial charge is 0.494 e. The van der Waals surface area contributed by atoms with Gasteiger partial charge in [-0.1, -0.05) is 12.1 Å². The first-order valence-corrected chi connectivity index (χ1v) is 11.3. The van der Waals surface area contributed by atoms with Crippen LogP contribution in [0.3, 0.4) is 0 Å². The molecule has 0 spiro atoms. The van der Waals surface area contributed by atoms with Gasteiger partial charge in [-0.15, -0.1) is 11.3 Å². The van der Waals surface area contributed by atoms with Gasteiger partial charge in [-0.2, -0.15) is 13.2 Å². The maximum atomic E-state index is 12.7. The van der Waals surface area contributed by atoms with Crippen molar-refractivity contribution in [2.75, 3.05) is 20.3 Å². The van der Waals surface area contributed by atoms with Crippen molar-refractivity contribution < 1.29 is 27.4 Å². The van der Waals surface area contributed by atoms with Gasteiger partial charge >= 0.3 is 6.18 Å². The second-order valence-corrected chi connectivity index (χ2v) is 8.28. The molecule has 0 amide bonds. The number of methoxy groups -OCH3 is 1. The summed E-state index contributed by atoms with van der Waals surface area (Å²) < 4.78 is 48.2. The number of nitrogens with zero attached hydrogens (tertiary/aromatic N) is 1. The Balaban J connectivity index is 0.000000890. The lowest BCUT2D eigenvalue weighted by Crippen LogP contribution is -2.04. The Labute approximate surface area is 196 Å². The fourth-order valence-electron chi connectivity index (χ4n) is 2.91. The van der Waals surface area contributed by atoms with Crippen LogP contribution in [0.2, 0.25) is 0 Å². The molecule has 0 aliphatic carbocycles. The molecule has 0 bridgehead atoms. The van der Waals surface area contributed by atoms with Crippen molar-refractivity contribution in [3.63, 3.8) is 0 Å². The van der Waals surface area contributed by atoms with E-state index in [1.165, 1.54) is 23.5 Å². The number of Topliss-reactive ketones (excluding diaryl/α,β-unsaturated/α-hetero) is 1. The first kappa shape index (κ1) is 26.5. The fourth-order valence-corrected chi connectivity index (χ4v) is 3.97. The van der Waals surface area contributed by atoms with E-state index in [9.17, 15) is 18.0 Å². The molecule has 2 aromatic carbocycles. The lowest BCUT2D eigenvalue weighted by Gasteiger charge is -2.08. The summed E-state index contributed by atoms with van der Waals surface area (Å²) in [7, 11) is 1.68. The van der Waals surface area contributed by atoms with Gasteiger partial charge < -0.3 is 9.47 Å². The molecule has 0 unspecified atom stereocenters. The molecule has 0 aliphatic heterocycles. The smallest absolute Gasteiger partial charge is 0.416 e. The lowest BCUT2D eigenvalue weighted by molar-refractivity contribution is -0.137. The summed E-state index contributed by atoms with van der Waals surface area (Å²) in [6, 6.07) is 10.2. The molecule has 178 valence electrons. The number of aromatic nitrogens is 1. The standard InChI is InChI=1S/C22H20F3NO2S.C3H8O/c1-4-28-19-10-7-16(11-13(19)2)18(27)12-20-14(3)26-21(29-20)15-5-8-17(9-6-15)22(23,24)25;1-3-4-2/h5-11H,4,12H2,1-3H3;3H2,1-2H3. The Morgan fingerprint density at radius 1 is 1.03 bits per heavy atom. The molecule has 1 aromatic heterocycles. The zero-order chi connectivity index (χ0) is 24.6. The number of benzene rings is 2. The zero-order valence-electron chi connectivity index (χ0n) is 19.4. The molecule has 0 saturated carbocycles. The number of ether oxygens (including phenoxy) is 2. The third-order valence-corrected chi connectivity index (χ3v) is 5.96. The van der Waals surface area contributed by atoms with Gasteiger partial charge in [0, 0.05) is 36.1 Å². The number of ketones is 1. The average Bonchev–Trinajstić information content (AvgIpc) is 3.15. The van der Waals surface area contributed by atoms with E-state index < -0.39 is 11.7 Å². The summed E-state index contributed by atoms with van der Waals surface area (Å²) in [5.41, 5.74) is 2.09. The first-order chi connectivity index (χ1) is 15.6. The summed E-state index contributed by atoms with van der Waals surface area (Å²) in [4.78, 5) is 17.9. The third-order valence-electron chi connectivity index (χ3n) is 4.76. The van der Waals surface area contributed by atoms with E-state index in [4.69, 9.17) is 4.74 Å². The minimum absolute atomic E-state index is 0.0399. The molecule has 3 aromatic rings. The van der Waals surface area contributed by atoms with E-state index in [2.05, 4.69) is 9.72 Å². The molecule has 1 heterocycles. The number of carbonyl (C=O) groups excluding carboxylic acids is 1. The maximum Gasteiger partial charge on any atom is 0.416 e. The fraction of sp³-hybridized carbons (Fsp3) is 0.360. The topological polar surface area (TPSA) is 48.4 Å². The zero-order valence-corrected chi connectivity index (χ0v) is 20.2. The van der Waals surface area contributed by atoms with Crippen molar-refractivity contribution in [3.05, 3.63) is 69.7 Å². The van der Waals surface area contributed by atoms with Gasteiger partial charge in [0.25, 0.3) is 0 Å². The molecule has 3 rings (SSSR count). The summed E-state index contributed by atoms with van der Waals surface area (Å²) >= 11 is 1.33. The molecular weight excluding hydrogens is 451 g/mol. The summed E-state index contributed by atoms with van der Waals surface area (Å²) in [6.45, 7) is 8.93. The summed E-state index contributed by atoms with van der Waals surface area (Å²) in [6.07, 6.45) is -4.18. The Bertz CT molecular complexity index is 1060. The Kier molecular flexibility index (Phi) is 9.61. The van der Waals surface area contributed by atoms with Crippen LogP contribution in [-0.2, 0) is 17.3 Å². The Hall–Kier alpha value is -2.71. The van der Waals surface area contributed by atoms with Gasteiger partial charge in [0.15, 0.2) is 5.78 Å². The molecule has 0 atom stereocenters. The second-order valence-electron chi connectivity index (χ2n) is 7.19. The van der Waals surface area contributed by atoms with Crippen molar-refractivity contribution in [2.24, 2.45) is 0 Å². The van der Waals surface area contributed by atoms with Gasteiger partial charge in [0.05, 0.1) is 17.9 Å². The van der Waals surface area contributed by atoms with E-state index in [0.29, 0.717) is 28.4 Å².